The van der Waals surface area contributed by atoms with E-state index < -0.39 is 0 Å². The van der Waals surface area contributed by atoms with Crippen molar-refractivity contribution in [2.24, 2.45) is 0 Å². The van der Waals surface area contributed by atoms with Gasteiger partial charge in [-0.1, -0.05) is 24.6 Å². The van der Waals surface area contributed by atoms with E-state index in [9.17, 15) is 0 Å². The van der Waals surface area contributed by atoms with Gasteiger partial charge in [-0.3, -0.25) is 0 Å². The lowest BCUT2D eigenvalue weighted by atomic mass is 10.1. The van der Waals surface area contributed by atoms with Gasteiger partial charge in [0.1, 0.15) is 11.6 Å². The van der Waals surface area contributed by atoms with Crippen LogP contribution in [0, 0.1) is 6.92 Å². The molecule has 0 saturated carbocycles. The molecule has 2 rings (SSSR count). The van der Waals surface area contributed by atoms with E-state index in [-0.39, 0.29) is 6.04 Å². The molecule has 4 nitrogen and oxygen atoms in total. The van der Waals surface area contributed by atoms with Gasteiger partial charge in [-0.05, 0) is 36.7 Å². The van der Waals surface area contributed by atoms with E-state index in [0.29, 0.717) is 10.8 Å². The zero-order valence-electron chi connectivity index (χ0n) is 11.9. The summed E-state index contributed by atoms with van der Waals surface area (Å²) >= 11 is 6.07. The van der Waals surface area contributed by atoms with Gasteiger partial charge in [-0.25, -0.2) is 9.97 Å². The molecular formula is C15H18ClN3O. The van der Waals surface area contributed by atoms with Crippen LogP contribution in [0.3, 0.4) is 0 Å². The van der Waals surface area contributed by atoms with Gasteiger partial charge in [0, 0.05) is 12.4 Å². The molecule has 1 N–H and O–H groups in total. The monoisotopic (exact) mass is 291 g/mol. The van der Waals surface area contributed by atoms with Crippen LogP contribution < -0.4 is 10.1 Å². The van der Waals surface area contributed by atoms with Crippen LogP contribution in [-0.4, -0.2) is 23.6 Å². The van der Waals surface area contributed by atoms with E-state index >= 15 is 0 Å². The van der Waals surface area contributed by atoms with Crippen molar-refractivity contribution in [3.63, 3.8) is 0 Å². The van der Waals surface area contributed by atoms with Crippen LogP contribution in [0.25, 0.3) is 0 Å². The predicted octanol–water partition coefficient (Wildman–Crippen LogP) is 3.15. The van der Waals surface area contributed by atoms with Crippen molar-refractivity contribution >= 4 is 11.6 Å². The van der Waals surface area contributed by atoms with Crippen LogP contribution >= 0.6 is 11.6 Å². The van der Waals surface area contributed by atoms with Crippen molar-refractivity contribution in [1.82, 2.24) is 15.3 Å². The number of nitrogens with one attached hydrogen (secondary N) is 1. The molecule has 1 heterocycles. The standard InChI is InChI=1S/C15H18ClN3O/c1-4-17-14(15-18-8-10(2)9-19-15)11-5-6-12(16)13(7-11)20-3/h5-9,14,17H,4H2,1-3H3. The highest BCUT2D eigenvalue weighted by atomic mass is 35.5. The largest absolute Gasteiger partial charge is 0.495 e. The fourth-order valence-electron chi connectivity index (χ4n) is 1.97. The molecule has 106 valence electrons. The number of aromatic nitrogens is 2. The van der Waals surface area contributed by atoms with Crippen molar-refractivity contribution in [3.8, 4) is 5.75 Å². The molecule has 1 aromatic carbocycles. The quantitative estimate of drug-likeness (QED) is 0.919. The predicted molar refractivity (Wildman–Crippen MR) is 80.3 cm³/mol. The summed E-state index contributed by atoms with van der Waals surface area (Å²) in [5, 5.41) is 3.98. The first-order valence-corrected chi connectivity index (χ1v) is 6.89. The normalized spacial score (nSPS) is 12.2. The summed E-state index contributed by atoms with van der Waals surface area (Å²) in [7, 11) is 1.61. The van der Waals surface area contributed by atoms with Crippen molar-refractivity contribution in [3.05, 3.63) is 52.6 Å². The minimum Gasteiger partial charge on any atom is -0.495 e. The number of aryl methyl sites for hydroxylation is 1. The molecule has 0 aliphatic carbocycles. The SMILES string of the molecule is CCNC(c1ccc(Cl)c(OC)c1)c1ncc(C)cn1. The lowest BCUT2D eigenvalue weighted by Crippen LogP contribution is -2.24. The molecule has 1 atom stereocenters. The minimum absolute atomic E-state index is 0.0771. The van der Waals surface area contributed by atoms with Gasteiger partial charge < -0.3 is 10.1 Å². The van der Waals surface area contributed by atoms with Crippen molar-refractivity contribution in [2.45, 2.75) is 19.9 Å². The van der Waals surface area contributed by atoms with Gasteiger partial charge in [0.15, 0.2) is 0 Å². The summed E-state index contributed by atoms with van der Waals surface area (Å²) in [5.41, 5.74) is 2.06. The Labute approximate surface area is 124 Å². The molecular weight excluding hydrogens is 274 g/mol. The first-order valence-electron chi connectivity index (χ1n) is 6.51. The second-order valence-corrected chi connectivity index (χ2v) is 4.91. The van der Waals surface area contributed by atoms with Crippen LogP contribution in [0.15, 0.2) is 30.6 Å². The highest BCUT2D eigenvalue weighted by Crippen LogP contribution is 2.29. The van der Waals surface area contributed by atoms with E-state index in [1.54, 1.807) is 7.11 Å². The first-order chi connectivity index (χ1) is 9.65. The molecule has 0 aliphatic heterocycles. The minimum atomic E-state index is -0.0771. The average Bonchev–Trinajstić information content (AvgIpc) is 2.47. The Kier molecular flexibility index (Phi) is 4.93. The van der Waals surface area contributed by atoms with Crippen LogP contribution in [0.2, 0.25) is 5.02 Å². The summed E-state index contributed by atoms with van der Waals surface area (Å²) in [6.07, 6.45) is 3.64. The molecule has 0 radical (unpaired) electrons. The average molecular weight is 292 g/mol. The number of halogens is 1. The Hall–Kier alpha value is -1.65. The van der Waals surface area contributed by atoms with E-state index in [1.165, 1.54) is 0 Å². The van der Waals surface area contributed by atoms with Gasteiger partial charge in [-0.15, -0.1) is 0 Å². The Morgan fingerprint density at radius 3 is 2.60 bits per heavy atom. The van der Waals surface area contributed by atoms with Gasteiger partial charge >= 0.3 is 0 Å². The summed E-state index contributed by atoms with van der Waals surface area (Å²) < 4.78 is 5.27. The third-order valence-corrected chi connectivity index (χ3v) is 3.29. The van der Waals surface area contributed by atoms with Crippen LogP contribution in [-0.2, 0) is 0 Å². The highest BCUT2D eigenvalue weighted by molar-refractivity contribution is 6.32. The number of methoxy groups -OCH3 is 1. The smallest absolute Gasteiger partial charge is 0.149 e. The van der Waals surface area contributed by atoms with E-state index in [4.69, 9.17) is 16.3 Å². The molecule has 5 heteroatoms. The number of ether oxygens (including phenoxy) is 1. The maximum Gasteiger partial charge on any atom is 0.149 e. The second kappa shape index (κ2) is 6.68. The molecule has 2 aromatic rings. The Morgan fingerprint density at radius 2 is 2.00 bits per heavy atom. The molecule has 0 aliphatic rings. The summed E-state index contributed by atoms with van der Waals surface area (Å²) in [6, 6.07) is 5.63. The maximum atomic E-state index is 6.07. The number of nitrogens with zero attached hydrogens (tertiary/aromatic N) is 2. The molecule has 1 unspecified atom stereocenters. The van der Waals surface area contributed by atoms with E-state index in [1.807, 2.05) is 44.4 Å². The number of hydrogen-bond donors (Lipinski definition) is 1. The summed E-state index contributed by atoms with van der Waals surface area (Å²) in [6.45, 7) is 4.83. The van der Waals surface area contributed by atoms with Crippen molar-refractivity contribution in [2.75, 3.05) is 13.7 Å². The highest BCUT2D eigenvalue weighted by Gasteiger charge is 2.17. The molecule has 0 fully saturated rings. The molecule has 1 aromatic heterocycles. The van der Waals surface area contributed by atoms with Crippen molar-refractivity contribution in [1.29, 1.82) is 0 Å². The molecule has 0 amide bonds. The van der Waals surface area contributed by atoms with Crippen LogP contribution in [0.4, 0.5) is 0 Å². The fraction of sp³-hybridized carbons (Fsp3) is 0.333. The zero-order chi connectivity index (χ0) is 14.5. The van der Waals surface area contributed by atoms with Crippen molar-refractivity contribution < 1.29 is 4.74 Å². The fourth-order valence-corrected chi connectivity index (χ4v) is 2.16. The third kappa shape index (κ3) is 3.26. The topological polar surface area (TPSA) is 47.0 Å². The second-order valence-electron chi connectivity index (χ2n) is 4.50. The number of rotatable bonds is 5. The first kappa shape index (κ1) is 14.8. The molecule has 20 heavy (non-hydrogen) atoms. The zero-order valence-corrected chi connectivity index (χ0v) is 12.6. The number of hydrogen-bond acceptors (Lipinski definition) is 4. The molecule has 0 saturated heterocycles. The van der Waals surface area contributed by atoms with Gasteiger partial charge in [0.25, 0.3) is 0 Å². The lowest BCUT2D eigenvalue weighted by Gasteiger charge is -2.18. The molecule has 0 bridgehead atoms. The Balaban J connectivity index is 2.39. The van der Waals surface area contributed by atoms with E-state index in [0.717, 1.165) is 23.5 Å². The van der Waals surface area contributed by atoms with Crippen LogP contribution in [0.5, 0.6) is 5.75 Å². The van der Waals surface area contributed by atoms with Gasteiger partial charge in [0.05, 0.1) is 18.2 Å². The lowest BCUT2D eigenvalue weighted by molar-refractivity contribution is 0.413. The Bertz CT molecular complexity index is 572. The van der Waals surface area contributed by atoms with E-state index in [2.05, 4.69) is 15.3 Å². The number of benzene rings is 1. The maximum absolute atomic E-state index is 6.07. The van der Waals surface area contributed by atoms with Gasteiger partial charge in [-0.2, -0.15) is 0 Å². The summed E-state index contributed by atoms with van der Waals surface area (Å²) in [4.78, 5) is 8.81. The van der Waals surface area contributed by atoms with Crippen LogP contribution in [0.1, 0.15) is 29.9 Å². The van der Waals surface area contributed by atoms with Gasteiger partial charge in [0.2, 0.25) is 0 Å². The summed E-state index contributed by atoms with van der Waals surface area (Å²) in [5.74, 6) is 1.39. The molecule has 0 spiro atoms. The Morgan fingerprint density at radius 1 is 1.30 bits per heavy atom. The third-order valence-electron chi connectivity index (χ3n) is 2.98.